The van der Waals surface area contributed by atoms with Crippen LogP contribution in [0.5, 0.6) is 5.88 Å². The van der Waals surface area contributed by atoms with Crippen LogP contribution in [-0.4, -0.2) is 16.3 Å². The van der Waals surface area contributed by atoms with Gasteiger partial charge in [0.1, 0.15) is 4.99 Å². The molecule has 0 atom stereocenters. The lowest BCUT2D eigenvalue weighted by Gasteiger charge is -2.10. The van der Waals surface area contributed by atoms with Gasteiger partial charge in [0.05, 0.1) is 5.56 Å². The van der Waals surface area contributed by atoms with Gasteiger partial charge < -0.3 is 10.5 Å². The summed E-state index contributed by atoms with van der Waals surface area (Å²) in [6.45, 7) is 0. The van der Waals surface area contributed by atoms with Crippen molar-refractivity contribution in [3.8, 4) is 5.88 Å². The first kappa shape index (κ1) is 10.7. The average molecular weight is 222 g/mol. The lowest BCUT2D eigenvalue weighted by molar-refractivity contribution is -0.276. The third-order valence-electron chi connectivity index (χ3n) is 1.25. The van der Waals surface area contributed by atoms with E-state index >= 15 is 0 Å². The average Bonchev–Trinajstić information content (AvgIpc) is 2.01. The van der Waals surface area contributed by atoms with E-state index in [2.05, 4.69) is 21.9 Å². The van der Waals surface area contributed by atoms with Crippen molar-refractivity contribution < 1.29 is 17.9 Å². The molecule has 0 unspecified atom stereocenters. The van der Waals surface area contributed by atoms with Gasteiger partial charge in [-0.1, -0.05) is 12.2 Å². The summed E-state index contributed by atoms with van der Waals surface area (Å²) in [6, 6.07) is 2.72. The highest BCUT2D eigenvalue weighted by Crippen LogP contribution is 2.23. The smallest absolute Gasteiger partial charge is 0.389 e. The molecule has 0 aliphatic carbocycles. The number of pyridine rings is 1. The van der Waals surface area contributed by atoms with Crippen LogP contribution in [0.4, 0.5) is 13.2 Å². The van der Waals surface area contributed by atoms with Crippen LogP contribution in [0, 0.1) is 0 Å². The van der Waals surface area contributed by atoms with E-state index in [1.165, 1.54) is 12.1 Å². The second kappa shape index (κ2) is 3.79. The molecule has 0 saturated heterocycles. The monoisotopic (exact) mass is 222 g/mol. The predicted octanol–water partition coefficient (Wildman–Crippen LogP) is 1.61. The molecule has 0 aliphatic heterocycles. The highest BCUT2D eigenvalue weighted by Gasteiger charge is 2.33. The van der Waals surface area contributed by atoms with Crippen LogP contribution in [0.15, 0.2) is 18.3 Å². The molecule has 1 rings (SSSR count). The van der Waals surface area contributed by atoms with E-state index in [1.807, 2.05) is 0 Å². The maximum Gasteiger partial charge on any atom is 0.574 e. The third-order valence-corrected chi connectivity index (χ3v) is 1.47. The number of rotatable bonds is 2. The zero-order valence-corrected chi connectivity index (χ0v) is 7.52. The summed E-state index contributed by atoms with van der Waals surface area (Å²) in [7, 11) is 0. The van der Waals surface area contributed by atoms with Crippen molar-refractivity contribution in [2.24, 2.45) is 5.73 Å². The minimum Gasteiger partial charge on any atom is -0.389 e. The number of thiocarbonyl (C=S) groups is 1. The number of hydrogen-bond acceptors (Lipinski definition) is 3. The van der Waals surface area contributed by atoms with E-state index in [-0.39, 0.29) is 10.6 Å². The quantitative estimate of drug-likeness (QED) is 0.772. The molecule has 2 N–H and O–H groups in total. The van der Waals surface area contributed by atoms with E-state index in [4.69, 9.17) is 5.73 Å². The number of hydrogen-bond donors (Lipinski definition) is 1. The van der Waals surface area contributed by atoms with Crippen molar-refractivity contribution in [1.29, 1.82) is 0 Å². The number of halogens is 3. The number of nitrogens with zero attached hydrogens (tertiary/aromatic N) is 1. The van der Waals surface area contributed by atoms with Crippen LogP contribution < -0.4 is 10.5 Å². The van der Waals surface area contributed by atoms with Crippen LogP contribution in [-0.2, 0) is 0 Å². The molecule has 1 heterocycles. The highest BCUT2D eigenvalue weighted by molar-refractivity contribution is 7.80. The first-order chi connectivity index (χ1) is 6.40. The molecule has 14 heavy (non-hydrogen) atoms. The minimum absolute atomic E-state index is 0.0418. The van der Waals surface area contributed by atoms with Crippen molar-refractivity contribution in [3.63, 3.8) is 0 Å². The van der Waals surface area contributed by atoms with Crippen LogP contribution in [0.25, 0.3) is 0 Å². The number of aromatic nitrogens is 1. The molecule has 0 radical (unpaired) electrons. The van der Waals surface area contributed by atoms with Crippen molar-refractivity contribution >= 4 is 17.2 Å². The number of alkyl halides is 3. The molecule has 76 valence electrons. The molecule has 3 nitrogen and oxygen atoms in total. The Morgan fingerprint density at radius 2 is 2.14 bits per heavy atom. The van der Waals surface area contributed by atoms with Gasteiger partial charge in [0.25, 0.3) is 0 Å². The fourth-order valence-corrected chi connectivity index (χ4v) is 0.925. The summed E-state index contributed by atoms with van der Waals surface area (Å²) in [5.41, 5.74) is 5.14. The Bertz CT molecular complexity index is 353. The first-order valence-electron chi connectivity index (χ1n) is 3.41. The Morgan fingerprint density at radius 1 is 1.50 bits per heavy atom. The molecule has 0 spiro atoms. The number of ether oxygens (including phenoxy) is 1. The van der Waals surface area contributed by atoms with Gasteiger partial charge in [0.15, 0.2) is 0 Å². The van der Waals surface area contributed by atoms with Crippen LogP contribution >= 0.6 is 12.2 Å². The lowest BCUT2D eigenvalue weighted by atomic mass is 10.3. The minimum atomic E-state index is -4.80. The van der Waals surface area contributed by atoms with Crippen molar-refractivity contribution in [2.75, 3.05) is 0 Å². The zero-order chi connectivity index (χ0) is 10.8. The standard InChI is InChI=1S/C7H5F3N2OS/c8-7(9,10)13-6-4(5(11)14)2-1-3-12-6/h1-3H,(H2,11,14). The Kier molecular flexibility index (Phi) is 2.90. The van der Waals surface area contributed by atoms with E-state index in [0.29, 0.717) is 0 Å². The van der Waals surface area contributed by atoms with Gasteiger partial charge in [-0.25, -0.2) is 4.98 Å². The van der Waals surface area contributed by atoms with Gasteiger partial charge in [-0.2, -0.15) is 0 Å². The summed E-state index contributed by atoms with van der Waals surface area (Å²) in [6.07, 6.45) is -3.64. The molecule has 7 heteroatoms. The van der Waals surface area contributed by atoms with E-state index in [0.717, 1.165) is 6.20 Å². The van der Waals surface area contributed by atoms with Gasteiger partial charge in [0.2, 0.25) is 5.88 Å². The normalized spacial score (nSPS) is 11.1. The fraction of sp³-hybridized carbons (Fsp3) is 0.143. The van der Waals surface area contributed by atoms with Gasteiger partial charge in [-0.3, -0.25) is 0 Å². The van der Waals surface area contributed by atoms with Crippen molar-refractivity contribution in [2.45, 2.75) is 6.36 Å². The van der Waals surface area contributed by atoms with E-state index in [1.54, 1.807) is 0 Å². The van der Waals surface area contributed by atoms with Gasteiger partial charge in [-0.15, -0.1) is 13.2 Å². The largest absolute Gasteiger partial charge is 0.574 e. The SMILES string of the molecule is NC(=S)c1cccnc1OC(F)(F)F. The summed E-state index contributed by atoms with van der Waals surface area (Å²) in [5.74, 6) is -0.632. The molecule has 0 bridgehead atoms. The Balaban J connectivity index is 3.02. The van der Waals surface area contributed by atoms with E-state index < -0.39 is 12.2 Å². The summed E-state index contributed by atoms with van der Waals surface area (Å²) in [4.78, 5) is 3.18. The Labute approximate surface area is 82.7 Å². The van der Waals surface area contributed by atoms with Crippen LogP contribution in [0.3, 0.4) is 0 Å². The van der Waals surface area contributed by atoms with Crippen molar-refractivity contribution in [1.82, 2.24) is 4.98 Å². The number of nitrogens with two attached hydrogens (primary N) is 1. The molecular formula is C7H5F3N2OS. The third kappa shape index (κ3) is 2.84. The molecule has 0 aromatic carbocycles. The first-order valence-corrected chi connectivity index (χ1v) is 3.81. The van der Waals surface area contributed by atoms with E-state index in [9.17, 15) is 13.2 Å². The molecule has 0 fully saturated rings. The summed E-state index contributed by atoms with van der Waals surface area (Å²) in [5, 5.41) is 0. The van der Waals surface area contributed by atoms with Crippen molar-refractivity contribution in [3.05, 3.63) is 23.9 Å². The van der Waals surface area contributed by atoms with Gasteiger partial charge >= 0.3 is 6.36 Å². The molecule has 1 aromatic heterocycles. The van der Waals surface area contributed by atoms with Crippen LogP contribution in [0.1, 0.15) is 5.56 Å². The molecule has 0 amide bonds. The molecular weight excluding hydrogens is 217 g/mol. The van der Waals surface area contributed by atoms with Gasteiger partial charge in [-0.05, 0) is 12.1 Å². The maximum atomic E-state index is 11.8. The second-order valence-corrected chi connectivity index (χ2v) is 2.71. The molecule has 0 aliphatic rings. The Morgan fingerprint density at radius 3 is 2.64 bits per heavy atom. The summed E-state index contributed by atoms with van der Waals surface area (Å²) < 4.78 is 39.1. The lowest BCUT2D eigenvalue weighted by Crippen LogP contribution is -2.21. The fourth-order valence-electron chi connectivity index (χ4n) is 0.769. The topological polar surface area (TPSA) is 48.1 Å². The highest BCUT2D eigenvalue weighted by atomic mass is 32.1. The zero-order valence-electron chi connectivity index (χ0n) is 6.71. The molecule has 1 aromatic rings. The Hall–Kier alpha value is -1.37. The second-order valence-electron chi connectivity index (χ2n) is 2.27. The molecule has 0 saturated carbocycles. The maximum absolute atomic E-state index is 11.8. The predicted molar refractivity (Wildman–Crippen MR) is 46.8 cm³/mol. The van der Waals surface area contributed by atoms with Gasteiger partial charge in [0, 0.05) is 6.20 Å². The summed E-state index contributed by atoms with van der Waals surface area (Å²) >= 11 is 4.53. The van der Waals surface area contributed by atoms with Crippen LogP contribution in [0.2, 0.25) is 0 Å².